The van der Waals surface area contributed by atoms with Crippen LogP contribution in [0.5, 0.6) is 0 Å². The molecule has 5 nitrogen and oxygen atoms in total. The second-order valence-electron chi connectivity index (χ2n) is 6.43. The third-order valence-electron chi connectivity index (χ3n) is 4.73. The minimum atomic E-state index is -1.50. The Balaban J connectivity index is 1.74. The third-order valence-corrected chi connectivity index (χ3v) is 5.28. The molecular formula is C21H13Cl2N3O2. The lowest BCUT2D eigenvalue weighted by Crippen LogP contribution is -2.47. The first kappa shape index (κ1) is 17.1. The SMILES string of the molecule is O=C1Nc2c(Cl)cccc2C12OC(c1ccccc1)=NN2c1cccc(Cl)c1. The normalized spacial score (nSPS) is 20.0. The van der Waals surface area contributed by atoms with Crippen LogP contribution in [-0.2, 0) is 15.3 Å². The molecule has 0 bridgehead atoms. The molecule has 0 aliphatic carbocycles. The van der Waals surface area contributed by atoms with E-state index in [1.165, 1.54) is 0 Å². The van der Waals surface area contributed by atoms with Gasteiger partial charge in [0.15, 0.2) is 0 Å². The molecule has 0 aromatic heterocycles. The highest BCUT2D eigenvalue weighted by Crippen LogP contribution is 2.49. The number of benzene rings is 3. The van der Waals surface area contributed by atoms with Gasteiger partial charge in [-0.3, -0.25) is 4.79 Å². The Morgan fingerprint density at radius 3 is 2.54 bits per heavy atom. The monoisotopic (exact) mass is 409 g/mol. The van der Waals surface area contributed by atoms with Crippen LogP contribution in [0.25, 0.3) is 0 Å². The molecule has 0 saturated carbocycles. The van der Waals surface area contributed by atoms with Crippen molar-refractivity contribution in [3.05, 3.63) is 94.0 Å². The summed E-state index contributed by atoms with van der Waals surface area (Å²) in [6.45, 7) is 0. The van der Waals surface area contributed by atoms with Gasteiger partial charge in [0.25, 0.3) is 5.91 Å². The number of amides is 1. The quantitative estimate of drug-likeness (QED) is 0.647. The van der Waals surface area contributed by atoms with Crippen molar-refractivity contribution in [1.29, 1.82) is 0 Å². The van der Waals surface area contributed by atoms with Crippen molar-refractivity contribution in [1.82, 2.24) is 0 Å². The van der Waals surface area contributed by atoms with Crippen LogP contribution in [0.2, 0.25) is 10.0 Å². The maximum absolute atomic E-state index is 13.2. The summed E-state index contributed by atoms with van der Waals surface area (Å²) < 4.78 is 6.26. The summed E-state index contributed by atoms with van der Waals surface area (Å²) in [7, 11) is 0. The molecular weight excluding hydrogens is 397 g/mol. The molecule has 1 spiro atoms. The van der Waals surface area contributed by atoms with Crippen molar-refractivity contribution in [2.24, 2.45) is 5.10 Å². The molecule has 1 amide bonds. The number of halogens is 2. The molecule has 7 heteroatoms. The number of hydrogen-bond acceptors (Lipinski definition) is 4. The summed E-state index contributed by atoms with van der Waals surface area (Å²) in [6.07, 6.45) is 0. The summed E-state index contributed by atoms with van der Waals surface area (Å²) in [5.74, 6) is -0.0335. The summed E-state index contributed by atoms with van der Waals surface area (Å²) in [5, 5.41) is 10.0. The lowest BCUT2D eigenvalue weighted by Gasteiger charge is -2.30. The zero-order valence-corrected chi connectivity index (χ0v) is 15.9. The van der Waals surface area contributed by atoms with Crippen molar-refractivity contribution < 1.29 is 9.53 Å². The Labute approximate surface area is 171 Å². The van der Waals surface area contributed by atoms with Crippen LogP contribution in [0.3, 0.4) is 0 Å². The number of anilines is 2. The van der Waals surface area contributed by atoms with E-state index in [0.29, 0.717) is 32.9 Å². The van der Waals surface area contributed by atoms with E-state index >= 15 is 0 Å². The van der Waals surface area contributed by atoms with E-state index < -0.39 is 5.72 Å². The molecule has 2 heterocycles. The van der Waals surface area contributed by atoms with E-state index in [2.05, 4.69) is 10.4 Å². The number of carbonyl (C=O) groups is 1. The van der Waals surface area contributed by atoms with Gasteiger partial charge in [0.2, 0.25) is 5.90 Å². The summed E-state index contributed by atoms with van der Waals surface area (Å²) in [5.41, 5.74) is 0.997. The van der Waals surface area contributed by atoms with Crippen LogP contribution in [0.1, 0.15) is 11.1 Å². The minimum Gasteiger partial charge on any atom is -0.433 e. The number of ether oxygens (including phenoxy) is 1. The first-order valence-electron chi connectivity index (χ1n) is 8.59. The highest BCUT2D eigenvalue weighted by Gasteiger charge is 2.59. The first-order valence-corrected chi connectivity index (χ1v) is 9.34. The molecule has 0 saturated heterocycles. The van der Waals surface area contributed by atoms with Crippen LogP contribution in [0.15, 0.2) is 77.9 Å². The van der Waals surface area contributed by atoms with Crippen LogP contribution < -0.4 is 10.3 Å². The highest BCUT2D eigenvalue weighted by atomic mass is 35.5. The topological polar surface area (TPSA) is 53.9 Å². The molecule has 1 N–H and O–H groups in total. The standard InChI is InChI=1S/C21H13Cl2N3O2/c22-14-8-4-9-15(12-14)26-21(28-19(25-26)13-6-2-1-3-7-13)16-10-5-11-17(23)18(16)24-20(21)27/h1-12H,(H,24,27). The minimum absolute atomic E-state index is 0.337. The van der Waals surface area contributed by atoms with Crippen molar-refractivity contribution in [3.63, 3.8) is 0 Å². The Hall–Kier alpha value is -3.02. The van der Waals surface area contributed by atoms with Gasteiger partial charge in [-0.2, -0.15) is 0 Å². The molecule has 0 radical (unpaired) electrons. The average Bonchev–Trinajstić information content (AvgIpc) is 3.24. The fraction of sp³-hybridized carbons (Fsp3) is 0.0476. The van der Waals surface area contributed by atoms with Gasteiger partial charge in [0.05, 0.1) is 22.0 Å². The fourth-order valence-electron chi connectivity index (χ4n) is 3.48. The molecule has 0 fully saturated rings. The van der Waals surface area contributed by atoms with Gasteiger partial charge in [-0.1, -0.05) is 59.6 Å². The summed E-state index contributed by atoms with van der Waals surface area (Å²) in [4.78, 5) is 13.2. The number of fused-ring (bicyclic) bond motifs is 2. The van der Waals surface area contributed by atoms with Crippen molar-refractivity contribution in [2.45, 2.75) is 5.72 Å². The predicted octanol–water partition coefficient (Wildman–Crippen LogP) is 5.00. The van der Waals surface area contributed by atoms with Gasteiger partial charge < -0.3 is 10.1 Å². The van der Waals surface area contributed by atoms with E-state index in [-0.39, 0.29) is 5.91 Å². The zero-order valence-electron chi connectivity index (χ0n) is 14.4. The average molecular weight is 410 g/mol. The van der Waals surface area contributed by atoms with Gasteiger partial charge in [-0.15, -0.1) is 5.10 Å². The summed E-state index contributed by atoms with van der Waals surface area (Å²) >= 11 is 12.5. The lowest BCUT2D eigenvalue weighted by molar-refractivity contribution is -0.130. The third kappa shape index (κ3) is 2.40. The maximum atomic E-state index is 13.2. The summed E-state index contributed by atoms with van der Waals surface area (Å²) in [6, 6.07) is 21.8. The van der Waals surface area contributed by atoms with Crippen molar-refractivity contribution in [2.75, 3.05) is 10.3 Å². The van der Waals surface area contributed by atoms with E-state index in [9.17, 15) is 4.79 Å². The highest BCUT2D eigenvalue weighted by molar-refractivity contribution is 6.35. The lowest BCUT2D eigenvalue weighted by atomic mass is 10.0. The Kier molecular flexibility index (Phi) is 3.82. The van der Waals surface area contributed by atoms with Crippen LogP contribution in [0.4, 0.5) is 11.4 Å². The van der Waals surface area contributed by atoms with Crippen LogP contribution >= 0.6 is 23.2 Å². The first-order chi connectivity index (χ1) is 13.6. The number of nitrogens with zero attached hydrogens (tertiary/aromatic N) is 2. The smallest absolute Gasteiger partial charge is 0.311 e. The van der Waals surface area contributed by atoms with Crippen molar-refractivity contribution in [3.8, 4) is 0 Å². The van der Waals surface area contributed by atoms with Crippen LogP contribution in [0, 0.1) is 0 Å². The number of para-hydroxylation sites is 1. The van der Waals surface area contributed by atoms with E-state index in [4.69, 9.17) is 27.9 Å². The van der Waals surface area contributed by atoms with Crippen molar-refractivity contribution >= 4 is 46.4 Å². The maximum Gasteiger partial charge on any atom is 0.311 e. The van der Waals surface area contributed by atoms with Gasteiger partial charge >= 0.3 is 5.72 Å². The molecule has 28 heavy (non-hydrogen) atoms. The van der Waals surface area contributed by atoms with E-state index in [1.54, 1.807) is 41.4 Å². The second-order valence-corrected chi connectivity index (χ2v) is 7.27. The Morgan fingerprint density at radius 2 is 1.75 bits per heavy atom. The van der Waals surface area contributed by atoms with Gasteiger partial charge in [0, 0.05) is 10.6 Å². The van der Waals surface area contributed by atoms with Gasteiger partial charge in [0.1, 0.15) is 0 Å². The Bertz CT molecular complexity index is 1130. The van der Waals surface area contributed by atoms with Gasteiger partial charge in [-0.25, -0.2) is 5.01 Å². The molecule has 2 aliphatic rings. The number of hydrazone groups is 1. The second kappa shape index (κ2) is 6.26. The zero-order chi connectivity index (χ0) is 19.3. The van der Waals surface area contributed by atoms with E-state index in [0.717, 1.165) is 5.56 Å². The predicted molar refractivity (Wildman–Crippen MR) is 110 cm³/mol. The van der Waals surface area contributed by atoms with Crippen LogP contribution in [-0.4, -0.2) is 11.8 Å². The largest absolute Gasteiger partial charge is 0.433 e. The molecule has 1 atom stereocenters. The number of carbonyl (C=O) groups excluding carboxylic acids is 1. The molecule has 1 unspecified atom stereocenters. The number of nitrogens with one attached hydrogen (secondary N) is 1. The molecule has 2 aliphatic heterocycles. The van der Waals surface area contributed by atoms with E-state index in [1.807, 2.05) is 36.4 Å². The number of hydrogen-bond donors (Lipinski definition) is 1. The Morgan fingerprint density at radius 1 is 0.964 bits per heavy atom. The molecule has 5 rings (SSSR count). The molecule has 3 aromatic rings. The molecule has 138 valence electrons. The van der Waals surface area contributed by atoms with Gasteiger partial charge in [-0.05, 0) is 36.4 Å². The number of rotatable bonds is 2. The fourth-order valence-corrected chi connectivity index (χ4v) is 3.88. The molecule has 3 aromatic carbocycles.